The van der Waals surface area contributed by atoms with E-state index in [-0.39, 0.29) is 17.4 Å². The maximum Gasteiger partial charge on any atom is 0.272 e. The van der Waals surface area contributed by atoms with Gasteiger partial charge < -0.3 is 15.5 Å². The summed E-state index contributed by atoms with van der Waals surface area (Å²) in [5, 5.41) is 5.57. The highest BCUT2D eigenvalue weighted by Crippen LogP contribution is 2.17. The van der Waals surface area contributed by atoms with Crippen LogP contribution in [0.25, 0.3) is 12.2 Å². The van der Waals surface area contributed by atoms with Crippen molar-refractivity contribution in [1.29, 1.82) is 0 Å². The van der Waals surface area contributed by atoms with Crippen LogP contribution in [0, 0.1) is 6.92 Å². The summed E-state index contributed by atoms with van der Waals surface area (Å²) in [6, 6.07) is 30.8. The van der Waals surface area contributed by atoms with E-state index in [1.54, 1.807) is 60.7 Å². The van der Waals surface area contributed by atoms with Gasteiger partial charge in [0.15, 0.2) is 5.78 Å². The molecule has 0 aromatic heterocycles. The van der Waals surface area contributed by atoms with Gasteiger partial charge in [0, 0.05) is 36.6 Å². The molecular formula is C34H31N3O3. The van der Waals surface area contributed by atoms with E-state index in [0.717, 1.165) is 22.4 Å². The molecule has 4 rings (SSSR count). The monoisotopic (exact) mass is 529 g/mol. The van der Waals surface area contributed by atoms with Crippen molar-refractivity contribution >= 4 is 41.1 Å². The van der Waals surface area contributed by atoms with Gasteiger partial charge in [-0.05, 0) is 84.3 Å². The van der Waals surface area contributed by atoms with Gasteiger partial charge in [-0.25, -0.2) is 0 Å². The van der Waals surface area contributed by atoms with E-state index in [2.05, 4.69) is 10.6 Å². The van der Waals surface area contributed by atoms with E-state index < -0.39 is 5.91 Å². The zero-order chi connectivity index (χ0) is 28.5. The molecule has 0 bridgehead atoms. The molecule has 2 amide bonds. The van der Waals surface area contributed by atoms with Crippen LogP contribution in [0.1, 0.15) is 37.4 Å². The number of ketones is 1. The molecule has 0 heterocycles. The lowest BCUT2D eigenvalue weighted by atomic mass is 10.1. The standard InChI is InChI=1S/C34H31N3O3/c1-24-9-7-8-12-28(24)23-31(36-33(39)27-10-5-4-6-11-27)34(40)35-29-18-16-26(17-19-29)32(38)22-15-25-13-20-30(21-14-25)37(2)3/h4-23H,1-3H3,(H,35,40)(H,36,39)/b22-15+,31-23-. The van der Waals surface area contributed by atoms with Crippen molar-refractivity contribution in [3.8, 4) is 0 Å². The van der Waals surface area contributed by atoms with Crippen molar-refractivity contribution in [2.75, 3.05) is 24.3 Å². The Morgan fingerprint density at radius 1 is 0.725 bits per heavy atom. The topological polar surface area (TPSA) is 78.5 Å². The second-order valence-corrected chi connectivity index (χ2v) is 9.45. The Kier molecular flexibility index (Phi) is 9.05. The second kappa shape index (κ2) is 13.0. The Balaban J connectivity index is 1.47. The summed E-state index contributed by atoms with van der Waals surface area (Å²) in [6.45, 7) is 1.93. The molecule has 6 nitrogen and oxygen atoms in total. The number of benzene rings is 4. The minimum Gasteiger partial charge on any atom is -0.378 e. The number of amides is 2. The molecule has 0 unspecified atom stereocenters. The largest absolute Gasteiger partial charge is 0.378 e. The zero-order valence-corrected chi connectivity index (χ0v) is 22.7. The van der Waals surface area contributed by atoms with Crippen LogP contribution in [0.2, 0.25) is 0 Å². The Morgan fingerprint density at radius 2 is 1.38 bits per heavy atom. The molecule has 0 aliphatic heterocycles. The van der Waals surface area contributed by atoms with Crippen LogP contribution in [-0.4, -0.2) is 31.7 Å². The molecule has 40 heavy (non-hydrogen) atoms. The summed E-state index contributed by atoms with van der Waals surface area (Å²) in [5.41, 5.74) is 5.31. The number of carbonyl (C=O) groups excluding carboxylic acids is 3. The number of carbonyl (C=O) groups is 3. The third kappa shape index (κ3) is 7.42. The second-order valence-electron chi connectivity index (χ2n) is 9.45. The van der Waals surface area contributed by atoms with Gasteiger partial charge in [0.05, 0.1) is 0 Å². The highest BCUT2D eigenvalue weighted by Gasteiger charge is 2.16. The molecule has 0 aliphatic carbocycles. The average molecular weight is 530 g/mol. The van der Waals surface area contributed by atoms with Crippen molar-refractivity contribution in [3.05, 3.63) is 143 Å². The van der Waals surface area contributed by atoms with Gasteiger partial charge in [-0.3, -0.25) is 14.4 Å². The van der Waals surface area contributed by atoms with Crippen LogP contribution in [0.3, 0.4) is 0 Å². The van der Waals surface area contributed by atoms with E-state index in [9.17, 15) is 14.4 Å². The number of nitrogens with one attached hydrogen (secondary N) is 2. The van der Waals surface area contributed by atoms with Crippen LogP contribution in [-0.2, 0) is 4.79 Å². The SMILES string of the molecule is Cc1ccccc1/C=C(\NC(=O)c1ccccc1)C(=O)Nc1ccc(C(=O)/C=C/c2ccc(N(C)C)cc2)cc1. The van der Waals surface area contributed by atoms with Crippen LogP contribution >= 0.6 is 0 Å². The van der Waals surface area contributed by atoms with E-state index >= 15 is 0 Å². The fourth-order valence-corrected chi connectivity index (χ4v) is 3.91. The normalized spacial score (nSPS) is 11.2. The van der Waals surface area contributed by atoms with E-state index in [4.69, 9.17) is 0 Å². The number of anilines is 2. The zero-order valence-electron chi connectivity index (χ0n) is 22.7. The molecule has 0 aliphatic rings. The van der Waals surface area contributed by atoms with Gasteiger partial charge in [-0.15, -0.1) is 0 Å². The number of aryl methyl sites for hydroxylation is 1. The molecule has 0 spiro atoms. The molecule has 0 saturated heterocycles. The first kappa shape index (κ1) is 27.8. The smallest absolute Gasteiger partial charge is 0.272 e. The molecule has 6 heteroatoms. The Hall–Kier alpha value is -5.23. The van der Waals surface area contributed by atoms with Gasteiger partial charge in [0.2, 0.25) is 0 Å². The molecule has 200 valence electrons. The van der Waals surface area contributed by atoms with Crippen LogP contribution in [0.15, 0.2) is 115 Å². The number of hydrogen-bond donors (Lipinski definition) is 2. The number of allylic oxidation sites excluding steroid dienone is 1. The summed E-state index contributed by atoms with van der Waals surface area (Å²) < 4.78 is 0. The van der Waals surface area contributed by atoms with Crippen molar-refractivity contribution in [3.63, 3.8) is 0 Å². The fraction of sp³-hybridized carbons (Fsp3) is 0.0882. The first-order valence-corrected chi connectivity index (χ1v) is 12.8. The number of hydrogen-bond acceptors (Lipinski definition) is 4. The van der Waals surface area contributed by atoms with Crippen molar-refractivity contribution in [1.82, 2.24) is 5.32 Å². The Morgan fingerprint density at radius 3 is 2.02 bits per heavy atom. The van der Waals surface area contributed by atoms with Crippen LogP contribution in [0.4, 0.5) is 11.4 Å². The minimum atomic E-state index is -0.479. The van der Waals surface area contributed by atoms with Crippen molar-refractivity contribution < 1.29 is 14.4 Å². The lowest BCUT2D eigenvalue weighted by Crippen LogP contribution is -2.30. The third-order valence-electron chi connectivity index (χ3n) is 6.28. The summed E-state index contributed by atoms with van der Waals surface area (Å²) in [6.07, 6.45) is 4.95. The highest BCUT2D eigenvalue weighted by atomic mass is 16.2. The lowest BCUT2D eigenvalue weighted by Gasteiger charge is -2.12. The average Bonchev–Trinajstić information content (AvgIpc) is 2.97. The minimum absolute atomic E-state index is 0.103. The van der Waals surface area contributed by atoms with Gasteiger partial charge in [0.1, 0.15) is 5.70 Å². The summed E-state index contributed by atoms with van der Waals surface area (Å²) >= 11 is 0. The predicted molar refractivity (Wildman–Crippen MR) is 162 cm³/mol. The maximum absolute atomic E-state index is 13.3. The lowest BCUT2D eigenvalue weighted by molar-refractivity contribution is -0.113. The Labute approximate surface area is 234 Å². The molecule has 0 radical (unpaired) electrons. The third-order valence-corrected chi connectivity index (χ3v) is 6.28. The molecule has 0 saturated carbocycles. The molecule has 4 aromatic rings. The molecule has 4 aromatic carbocycles. The van der Waals surface area contributed by atoms with Crippen LogP contribution < -0.4 is 15.5 Å². The summed E-state index contributed by atoms with van der Waals surface area (Å²) in [4.78, 5) is 40.8. The quantitative estimate of drug-likeness (QED) is 0.195. The number of rotatable bonds is 9. The van der Waals surface area contributed by atoms with Gasteiger partial charge in [-0.2, -0.15) is 0 Å². The molecule has 0 atom stereocenters. The van der Waals surface area contributed by atoms with Crippen molar-refractivity contribution in [2.45, 2.75) is 6.92 Å². The first-order valence-electron chi connectivity index (χ1n) is 12.8. The summed E-state index contributed by atoms with van der Waals surface area (Å²) in [7, 11) is 3.95. The summed E-state index contributed by atoms with van der Waals surface area (Å²) in [5.74, 6) is -1.02. The van der Waals surface area contributed by atoms with Crippen LogP contribution in [0.5, 0.6) is 0 Å². The Bertz CT molecular complexity index is 1550. The molecule has 0 fully saturated rings. The van der Waals surface area contributed by atoms with E-state index in [0.29, 0.717) is 16.8 Å². The first-order chi connectivity index (χ1) is 19.3. The van der Waals surface area contributed by atoms with Gasteiger partial charge in [-0.1, -0.05) is 60.7 Å². The highest BCUT2D eigenvalue weighted by molar-refractivity contribution is 6.11. The van der Waals surface area contributed by atoms with Crippen molar-refractivity contribution in [2.24, 2.45) is 0 Å². The van der Waals surface area contributed by atoms with Gasteiger partial charge >= 0.3 is 0 Å². The molecule has 2 N–H and O–H groups in total. The fourth-order valence-electron chi connectivity index (χ4n) is 3.91. The van der Waals surface area contributed by atoms with E-state index in [1.165, 1.54) is 6.08 Å². The molecular weight excluding hydrogens is 498 g/mol. The maximum atomic E-state index is 13.3. The predicted octanol–water partition coefficient (Wildman–Crippen LogP) is 6.37. The van der Waals surface area contributed by atoms with Gasteiger partial charge in [0.25, 0.3) is 11.8 Å². The number of nitrogens with zero attached hydrogens (tertiary/aromatic N) is 1. The van der Waals surface area contributed by atoms with E-state index in [1.807, 2.05) is 80.5 Å².